The summed E-state index contributed by atoms with van der Waals surface area (Å²) >= 11 is 0. The molecule has 1 aliphatic heterocycles. The number of aromatic nitrogens is 2. The van der Waals surface area contributed by atoms with Crippen molar-refractivity contribution in [3.05, 3.63) is 92.1 Å². The zero-order chi connectivity index (χ0) is 25.8. The molecule has 0 radical (unpaired) electrons. The number of hydrogen-bond donors (Lipinski definition) is 2. The number of amides is 1. The van der Waals surface area contributed by atoms with Crippen LogP contribution in [0.4, 0.5) is 5.69 Å². The van der Waals surface area contributed by atoms with E-state index in [1.165, 1.54) is 5.01 Å². The van der Waals surface area contributed by atoms with Crippen LogP contribution in [0.5, 0.6) is 5.88 Å². The van der Waals surface area contributed by atoms with E-state index in [-0.39, 0.29) is 36.6 Å². The summed E-state index contributed by atoms with van der Waals surface area (Å²) in [6.07, 6.45) is 0.469. The summed E-state index contributed by atoms with van der Waals surface area (Å²) < 4.78 is 1.10. The first-order chi connectivity index (χ1) is 17.4. The van der Waals surface area contributed by atoms with Crippen LogP contribution < -0.4 is 16.1 Å². The van der Waals surface area contributed by atoms with Gasteiger partial charge in [-0.15, -0.1) is 0 Å². The van der Waals surface area contributed by atoms with Gasteiger partial charge in [0.2, 0.25) is 11.8 Å². The Bertz CT molecular complexity index is 1370. The molecule has 9 heteroatoms. The molecule has 1 atom stereocenters. The normalized spacial score (nSPS) is 15.1. The number of aromatic hydroxyl groups is 1. The Hall–Kier alpha value is -4.14. The van der Waals surface area contributed by atoms with Crippen molar-refractivity contribution < 1.29 is 9.90 Å². The van der Waals surface area contributed by atoms with Crippen molar-refractivity contribution >= 4 is 17.3 Å². The lowest BCUT2D eigenvalue weighted by Gasteiger charge is -2.24. The van der Waals surface area contributed by atoms with Crippen molar-refractivity contribution in [2.24, 2.45) is 5.10 Å². The molecule has 36 heavy (non-hydrogen) atoms. The highest BCUT2D eigenvalue weighted by Crippen LogP contribution is 2.35. The lowest BCUT2D eigenvalue weighted by molar-refractivity contribution is -0.132. The molecule has 1 unspecified atom stereocenters. The van der Waals surface area contributed by atoms with E-state index in [0.717, 1.165) is 34.5 Å². The topological polar surface area (TPSA) is 111 Å². The highest BCUT2D eigenvalue weighted by Gasteiger charge is 2.35. The number of anilines is 1. The number of rotatable bonds is 8. The molecule has 1 aromatic heterocycles. The second-order valence-corrected chi connectivity index (χ2v) is 8.65. The average molecular weight is 490 g/mol. The number of aromatic amines is 1. The van der Waals surface area contributed by atoms with Gasteiger partial charge in [-0.1, -0.05) is 49.4 Å². The number of H-pyrrole nitrogens is 1. The van der Waals surface area contributed by atoms with Crippen molar-refractivity contribution in [2.75, 3.05) is 18.0 Å². The first-order valence-electron chi connectivity index (χ1n) is 12.2. The Morgan fingerprint density at radius 3 is 2.33 bits per heavy atom. The first kappa shape index (κ1) is 25.0. The third kappa shape index (κ3) is 4.82. The number of benzene rings is 2. The Balaban J connectivity index is 1.72. The van der Waals surface area contributed by atoms with Crippen LogP contribution in [0.3, 0.4) is 0 Å². The van der Waals surface area contributed by atoms with Gasteiger partial charge in [0.25, 0.3) is 5.56 Å². The summed E-state index contributed by atoms with van der Waals surface area (Å²) in [5.74, 6) is -0.663. The van der Waals surface area contributed by atoms with E-state index in [1.54, 1.807) is 6.92 Å². The van der Waals surface area contributed by atoms with Gasteiger partial charge < -0.3 is 10.0 Å². The molecular formula is C27H31N5O4. The predicted molar refractivity (Wildman–Crippen MR) is 140 cm³/mol. The monoisotopic (exact) mass is 489 g/mol. The molecule has 1 amide bonds. The van der Waals surface area contributed by atoms with Crippen LogP contribution in [0.25, 0.3) is 0 Å². The Morgan fingerprint density at radius 1 is 1.06 bits per heavy atom. The Labute approximate surface area is 209 Å². The molecule has 2 heterocycles. The molecule has 1 aliphatic rings. The molecule has 2 aromatic carbocycles. The number of carbonyl (C=O) groups is 1. The van der Waals surface area contributed by atoms with Crippen molar-refractivity contribution in [3.8, 4) is 5.88 Å². The minimum atomic E-state index is -0.734. The van der Waals surface area contributed by atoms with Crippen molar-refractivity contribution in [1.29, 1.82) is 0 Å². The van der Waals surface area contributed by atoms with Gasteiger partial charge in [-0.3, -0.25) is 19.1 Å². The number of nitrogens with one attached hydrogen (secondary N) is 1. The van der Waals surface area contributed by atoms with Gasteiger partial charge in [0.1, 0.15) is 5.56 Å². The zero-order valence-corrected chi connectivity index (χ0v) is 20.8. The van der Waals surface area contributed by atoms with Crippen LogP contribution in [0, 0.1) is 0 Å². The van der Waals surface area contributed by atoms with Gasteiger partial charge in [0.15, 0.2) is 0 Å². The zero-order valence-electron chi connectivity index (χ0n) is 20.8. The second-order valence-electron chi connectivity index (χ2n) is 8.65. The van der Waals surface area contributed by atoms with Crippen molar-refractivity contribution in [1.82, 2.24) is 14.6 Å². The number of nitrogens with zero attached hydrogens (tertiary/aromatic N) is 4. The first-order valence-corrected chi connectivity index (χ1v) is 12.2. The smallest absolute Gasteiger partial charge is 0.331 e. The van der Waals surface area contributed by atoms with E-state index in [1.807, 2.05) is 54.6 Å². The molecule has 188 valence electrons. The van der Waals surface area contributed by atoms with Crippen LogP contribution in [0.1, 0.15) is 56.3 Å². The SMILES string of the molecule is CCC(=O)N1N=C(c2c(O)n(Cc3ccccc3)c(=O)[nH]c2=O)CC1c1ccc(N(CC)CC)cc1. The highest BCUT2D eigenvalue weighted by molar-refractivity contribution is 6.04. The number of hydrazone groups is 1. The molecule has 3 aromatic rings. The number of hydrogen-bond acceptors (Lipinski definition) is 6. The van der Waals surface area contributed by atoms with Gasteiger partial charge in [0, 0.05) is 31.6 Å². The average Bonchev–Trinajstić information content (AvgIpc) is 3.32. The maximum atomic E-state index is 12.8. The Morgan fingerprint density at radius 2 is 1.72 bits per heavy atom. The third-order valence-electron chi connectivity index (χ3n) is 6.52. The molecule has 0 saturated carbocycles. The van der Waals surface area contributed by atoms with E-state index in [9.17, 15) is 19.5 Å². The third-order valence-corrected chi connectivity index (χ3v) is 6.52. The molecule has 2 N–H and O–H groups in total. The standard InChI is InChI=1S/C27H31N5O4/c1-4-23(33)32-22(19-12-14-20(15-13-19)30(5-2)6-3)16-21(29-32)24-25(34)28-27(36)31(26(24)35)17-18-10-8-7-9-11-18/h7-15,22,35H,4-6,16-17H2,1-3H3,(H,28,34,36). The van der Waals surface area contributed by atoms with E-state index in [0.29, 0.717) is 0 Å². The second kappa shape index (κ2) is 10.6. The van der Waals surface area contributed by atoms with E-state index in [4.69, 9.17) is 0 Å². The fraction of sp³-hybridized carbons (Fsp3) is 0.333. The summed E-state index contributed by atoms with van der Waals surface area (Å²) in [5.41, 5.74) is 1.46. The van der Waals surface area contributed by atoms with Crippen LogP contribution in [0.15, 0.2) is 69.3 Å². The predicted octanol–water partition coefficient (Wildman–Crippen LogP) is 3.22. The lowest BCUT2D eigenvalue weighted by atomic mass is 9.98. The van der Waals surface area contributed by atoms with Crippen LogP contribution >= 0.6 is 0 Å². The minimum Gasteiger partial charge on any atom is -0.494 e. The molecule has 0 fully saturated rings. The van der Waals surface area contributed by atoms with Crippen molar-refractivity contribution in [3.63, 3.8) is 0 Å². The van der Waals surface area contributed by atoms with Gasteiger partial charge in [0.05, 0.1) is 18.3 Å². The molecule has 4 rings (SSSR count). The van der Waals surface area contributed by atoms with Gasteiger partial charge >= 0.3 is 5.69 Å². The van der Waals surface area contributed by atoms with Crippen molar-refractivity contribution in [2.45, 2.75) is 46.2 Å². The molecule has 0 spiro atoms. The van der Waals surface area contributed by atoms with E-state index >= 15 is 0 Å². The summed E-state index contributed by atoms with van der Waals surface area (Å²) in [5, 5.41) is 16.9. The van der Waals surface area contributed by atoms with Gasteiger partial charge in [-0.2, -0.15) is 5.10 Å². The molecule has 9 nitrogen and oxygen atoms in total. The Kier molecular flexibility index (Phi) is 7.38. The molecule has 0 aliphatic carbocycles. The van der Waals surface area contributed by atoms with Crippen LogP contribution in [0.2, 0.25) is 0 Å². The quantitative estimate of drug-likeness (QED) is 0.505. The van der Waals surface area contributed by atoms with E-state index in [2.05, 4.69) is 28.8 Å². The fourth-order valence-corrected chi connectivity index (χ4v) is 4.54. The summed E-state index contributed by atoms with van der Waals surface area (Å²) in [4.78, 5) is 42.6. The molecule has 0 saturated heterocycles. The van der Waals surface area contributed by atoms with Crippen LogP contribution in [-0.2, 0) is 11.3 Å². The lowest BCUT2D eigenvalue weighted by Crippen LogP contribution is -2.34. The summed E-state index contributed by atoms with van der Waals surface area (Å²) in [7, 11) is 0. The largest absolute Gasteiger partial charge is 0.494 e. The molecule has 0 bridgehead atoms. The molecular weight excluding hydrogens is 458 g/mol. The highest BCUT2D eigenvalue weighted by atomic mass is 16.3. The van der Waals surface area contributed by atoms with Gasteiger partial charge in [-0.25, -0.2) is 9.80 Å². The van der Waals surface area contributed by atoms with Crippen LogP contribution in [-0.4, -0.2) is 44.4 Å². The maximum Gasteiger partial charge on any atom is 0.331 e. The summed E-state index contributed by atoms with van der Waals surface area (Å²) in [6.45, 7) is 7.79. The number of carbonyl (C=O) groups excluding carboxylic acids is 1. The van der Waals surface area contributed by atoms with E-state index < -0.39 is 23.2 Å². The fourth-order valence-electron chi connectivity index (χ4n) is 4.54. The maximum absolute atomic E-state index is 12.8. The summed E-state index contributed by atoms with van der Waals surface area (Å²) in [6, 6.07) is 16.7. The van der Waals surface area contributed by atoms with Gasteiger partial charge in [-0.05, 0) is 37.1 Å². The minimum absolute atomic E-state index is 0.0798.